The molecule has 3 rings (SSSR count). The van der Waals surface area contributed by atoms with E-state index in [1.165, 1.54) is 6.07 Å². The third kappa shape index (κ3) is 3.55. The number of benzene rings is 2. The Kier molecular flexibility index (Phi) is 5.21. The fraction of sp³-hybridized carbons (Fsp3) is 0.188. The maximum absolute atomic E-state index is 13.6. The van der Waals surface area contributed by atoms with Crippen molar-refractivity contribution in [3.05, 3.63) is 62.3 Å². The minimum absolute atomic E-state index is 0.179. The molecule has 1 aliphatic heterocycles. The van der Waals surface area contributed by atoms with Crippen LogP contribution in [0.2, 0.25) is 0 Å². The lowest BCUT2D eigenvalue weighted by atomic mass is 10.2. The van der Waals surface area contributed by atoms with Gasteiger partial charge in [-0.15, -0.1) is 11.8 Å². The van der Waals surface area contributed by atoms with Crippen molar-refractivity contribution in [3.8, 4) is 5.75 Å². The number of ether oxygens (including phenoxy) is 1. The highest BCUT2D eigenvalue weighted by molar-refractivity contribution is 9.11. The highest BCUT2D eigenvalue weighted by atomic mass is 79.9. The third-order valence-electron chi connectivity index (χ3n) is 3.16. The summed E-state index contributed by atoms with van der Waals surface area (Å²) in [4.78, 5) is 4.47. The van der Waals surface area contributed by atoms with E-state index in [1.54, 1.807) is 30.0 Å². The summed E-state index contributed by atoms with van der Waals surface area (Å²) in [5.41, 5.74) is 1.58. The Balaban J connectivity index is 1.81. The Morgan fingerprint density at radius 1 is 1.18 bits per heavy atom. The van der Waals surface area contributed by atoms with Gasteiger partial charge in [0.25, 0.3) is 0 Å². The van der Waals surface area contributed by atoms with Crippen LogP contribution in [0.4, 0.5) is 4.39 Å². The number of hydrogen-bond acceptors (Lipinski definition) is 3. The SMILES string of the molecule is Fc1ccccc1COc1c(Br)cc(C2=NCCS2)cc1Br. The Bertz CT molecular complexity index is 713. The molecule has 1 aliphatic rings. The van der Waals surface area contributed by atoms with Crippen LogP contribution in [0.5, 0.6) is 5.75 Å². The number of hydrogen-bond donors (Lipinski definition) is 0. The second kappa shape index (κ2) is 7.15. The van der Waals surface area contributed by atoms with Crippen molar-refractivity contribution >= 4 is 48.7 Å². The molecule has 0 N–H and O–H groups in total. The monoisotopic (exact) mass is 443 g/mol. The Morgan fingerprint density at radius 3 is 2.55 bits per heavy atom. The number of nitrogens with zero attached hydrogens (tertiary/aromatic N) is 1. The Labute approximate surface area is 149 Å². The standard InChI is InChI=1S/C16H12Br2FNOS/c17-12-7-11(16-20-5-6-22-16)8-13(18)15(12)21-9-10-3-1-2-4-14(10)19/h1-4,7-8H,5-6,9H2. The minimum atomic E-state index is -0.261. The molecule has 114 valence electrons. The van der Waals surface area contributed by atoms with Crippen molar-refractivity contribution in [1.82, 2.24) is 0 Å². The molecule has 0 saturated heterocycles. The Morgan fingerprint density at radius 2 is 1.91 bits per heavy atom. The van der Waals surface area contributed by atoms with Gasteiger partial charge < -0.3 is 4.74 Å². The third-order valence-corrected chi connectivity index (χ3v) is 5.36. The number of rotatable bonds is 4. The van der Waals surface area contributed by atoms with E-state index in [2.05, 4.69) is 36.9 Å². The molecule has 0 saturated carbocycles. The van der Waals surface area contributed by atoms with E-state index in [9.17, 15) is 4.39 Å². The van der Waals surface area contributed by atoms with Crippen LogP contribution in [0.15, 0.2) is 50.3 Å². The topological polar surface area (TPSA) is 21.6 Å². The molecular weight excluding hydrogens is 433 g/mol. The van der Waals surface area contributed by atoms with Crippen molar-refractivity contribution < 1.29 is 9.13 Å². The van der Waals surface area contributed by atoms with E-state index in [1.807, 2.05) is 12.1 Å². The number of aliphatic imine (C=N–C) groups is 1. The van der Waals surface area contributed by atoms with Crippen LogP contribution in [0.3, 0.4) is 0 Å². The first-order valence-corrected chi connectivity index (χ1v) is 9.25. The molecule has 6 heteroatoms. The summed E-state index contributed by atoms with van der Waals surface area (Å²) in [6.45, 7) is 1.04. The van der Waals surface area contributed by atoms with Gasteiger partial charge in [0.05, 0.1) is 14.0 Å². The van der Waals surface area contributed by atoms with Gasteiger partial charge >= 0.3 is 0 Å². The van der Waals surface area contributed by atoms with Crippen molar-refractivity contribution in [1.29, 1.82) is 0 Å². The van der Waals surface area contributed by atoms with Gasteiger partial charge in [-0.05, 0) is 50.1 Å². The van der Waals surface area contributed by atoms with Crippen molar-refractivity contribution in [2.24, 2.45) is 4.99 Å². The molecule has 0 amide bonds. The zero-order valence-corrected chi connectivity index (χ0v) is 15.5. The molecule has 2 aromatic rings. The lowest BCUT2D eigenvalue weighted by molar-refractivity contribution is 0.296. The minimum Gasteiger partial charge on any atom is -0.486 e. The molecule has 0 aliphatic carbocycles. The van der Waals surface area contributed by atoms with E-state index in [4.69, 9.17) is 4.74 Å². The van der Waals surface area contributed by atoms with Gasteiger partial charge in [-0.25, -0.2) is 4.39 Å². The first-order chi connectivity index (χ1) is 10.6. The number of halogens is 3. The largest absolute Gasteiger partial charge is 0.486 e. The lowest BCUT2D eigenvalue weighted by Gasteiger charge is -2.12. The molecule has 0 aromatic heterocycles. The van der Waals surface area contributed by atoms with E-state index in [0.717, 1.165) is 31.9 Å². The smallest absolute Gasteiger partial charge is 0.148 e. The predicted octanol–water partition coefficient (Wildman–Crippen LogP) is 5.42. The molecule has 0 radical (unpaired) electrons. The quantitative estimate of drug-likeness (QED) is 0.627. The zero-order valence-electron chi connectivity index (χ0n) is 11.5. The average molecular weight is 445 g/mol. The van der Waals surface area contributed by atoms with Crippen LogP contribution in [-0.2, 0) is 6.61 Å². The average Bonchev–Trinajstić information content (AvgIpc) is 3.02. The van der Waals surface area contributed by atoms with Gasteiger partial charge in [0, 0.05) is 23.4 Å². The number of thioether (sulfide) groups is 1. The maximum atomic E-state index is 13.6. The molecule has 0 atom stereocenters. The van der Waals surface area contributed by atoms with Crippen LogP contribution < -0.4 is 4.74 Å². The normalized spacial score (nSPS) is 14.0. The summed E-state index contributed by atoms with van der Waals surface area (Å²) in [5.74, 6) is 1.43. The summed E-state index contributed by atoms with van der Waals surface area (Å²) < 4.78 is 21.1. The summed E-state index contributed by atoms with van der Waals surface area (Å²) in [5, 5.41) is 1.04. The molecule has 0 fully saturated rings. The lowest BCUT2D eigenvalue weighted by Crippen LogP contribution is -2.01. The zero-order chi connectivity index (χ0) is 15.5. The van der Waals surface area contributed by atoms with E-state index in [-0.39, 0.29) is 12.4 Å². The van der Waals surface area contributed by atoms with Crippen LogP contribution in [-0.4, -0.2) is 17.3 Å². The molecule has 1 heterocycles. The van der Waals surface area contributed by atoms with Crippen LogP contribution in [0.1, 0.15) is 11.1 Å². The van der Waals surface area contributed by atoms with Gasteiger partial charge in [0.15, 0.2) is 0 Å². The summed E-state index contributed by atoms with van der Waals surface area (Å²) in [7, 11) is 0. The highest BCUT2D eigenvalue weighted by Crippen LogP contribution is 2.37. The molecule has 0 spiro atoms. The van der Waals surface area contributed by atoms with Gasteiger partial charge in [-0.1, -0.05) is 18.2 Å². The van der Waals surface area contributed by atoms with Crippen molar-refractivity contribution in [2.45, 2.75) is 6.61 Å². The summed E-state index contributed by atoms with van der Waals surface area (Å²) in [6, 6.07) is 10.6. The highest BCUT2D eigenvalue weighted by Gasteiger charge is 2.15. The molecule has 0 unspecified atom stereocenters. The van der Waals surface area contributed by atoms with Crippen LogP contribution in [0, 0.1) is 5.82 Å². The Hall–Kier alpha value is -0.850. The van der Waals surface area contributed by atoms with E-state index < -0.39 is 0 Å². The fourth-order valence-electron chi connectivity index (χ4n) is 2.10. The summed E-state index contributed by atoms with van der Waals surface area (Å²) >= 11 is 8.80. The first-order valence-electron chi connectivity index (χ1n) is 6.68. The van der Waals surface area contributed by atoms with Crippen molar-refractivity contribution in [2.75, 3.05) is 12.3 Å². The molecule has 2 nitrogen and oxygen atoms in total. The van der Waals surface area contributed by atoms with E-state index >= 15 is 0 Å². The second-order valence-electron chi connectivity index (χ2n) is 4.68. The van der Waals surface area contributed by atoms with Gasteiger partial charge in [-0.2, -0.15) is 0 Å². The van der Waals surface area contributed by atoms with Crippen LogP contribution >= 0.6 is 43.6 Å². The molecule has 22 heavy (non-hydrogen) atoms. The van der Waals surface area contributed by atoms with Gasteiger partial charge in [0.1, 0.15) is 18.2 Å². The van der Waals surface area contributed by atoms with Crippen molar-refractivity contribution in [3.63, 3.8) is 0 Å². The van der Waals surface area contributed by atoms with Crippen LogP contribution in [0.25, 0.3) is 0 Å². The maximum Gasteiger partial charge on any atom is 0.148 e. The molecule has 2 aromatic carbocycles. The molecule has 0 bridgehead atoms. The fourth-order valence-corrected chi connectivity index (χ4v) is 4.35. The van der Waals surface area contributed by atoms with E-state index in [0.29, 0.717) is 11.3 Å². The summed E-state index contributed by atoms with van der Waals surface area (Å²) in [6.07, 6.45) is 0. The molecular formula is C16H12Br2FNOS. The predicted molar refractivity (Wildman–Crippen MR) is 96.4 cm³/mol. The van der Waals surface area contributed by atoms with Gasteiger partial charge in [0.2, 0.25) is 0 Å². The first kappa shape index (κ1) is 16.0. The second-order valence-corrected chi connectivity index (χ2v) is 7.48. The van der Waals surface area contributed by atoms with Gasteiger partial charge in [-0.3, -0.25) is 4.99 Å².